The molecule has 1 amide bonds. The maximum Gasteiger partial charge on any atom is 0.326 e. The highest BCUT2D eigenvalue weighted by Crippen LogP contribution is 2.47. The maximum absolute atomic E-state index is 13.2. The van der Waals surface area contributed by atoms with Crippen molar-refractivity contribution in [1.82, 2.24) is 10.2 Å². The molecule has 2 aliphatic rings. The Morgan fingerprint density at radius 2 is 2.06 bits per heavy atom. The Balaban J connectivity index is 1.67. The van der Waals surface area contributed by atoms with Gasteiger partial charge in [0, 0.05) is 11.3 Å². The van der Waals surface area contributed by atoms with Gasteiger partial charge in [0.1, 0.15) is 12.1 Å². The fraction of sp³-hybridized carbons (Fsp3) is 0.609. The number of thioether (sulfide) groups is 1. The number of carboxylic acid groups (broad SMARTS) is 1. The lowest BCUT2D eigenvalue weighted by atomic mass is 10.00. The van der Waals surface area contributed by atoms with Crippen LogP contribution in [0, 0.1) is 0 Å². The van der Waals surface area contributed by atoms with E-state index in [-0.39, 0.29) is 17.3 Å². The molecular weight excluding hydrogens is 416 g/mol. The number of aryl methyl sites for hydroxylation is 1. The highest BCUT2D eigenvalue weighted by atomic mass is 32.2. The van der Waals surface area contributed by atoms with Gasteiger partial charge in [-0.2, -0.15) is 11.8 Å². The molecule has 2 aliphatic heterocycles. The van der Waals surface area contributed by atoms with Crippen LogP contribution in [-0.2, 0) is 25.5 Å². The molecule has 2 N–H and O–H groups in total. The zero-order valence-corrected chi connectivity index (χ0v) is 19.0. The number of ether oxygens (including phenoxy) is 1. The molecule has 8 heteroatoms. The number of esters is 1. The van der Waals surface area contributed by atoms with Crippen molar-refractivity contribution >= 4 is 29.6 Å². The van der Waals surface area contributed by atoms with Crippen molar-refractivity contribution in [2.24, 2.45) is 0 Å². The number of carbonyl (C=O) groups is 3. The molecule has 1 aromatic rings. The van der Waals surface area contributed by atoms with Crippen LogP contribution >= 0.6 is 11.8 Å². The van der Waals surface area contributed by atoms with Gasteiger partial charge in [-0.15, -0.1) is 0 Å². The summed E-state index contributed by atoms with van der Waals surface area (Å²) in [6.07, 6.45) is 3.63. The van der Waals surface area contributed by atoms with Crippen LogP contribution in [0.4, 0.5) is 0 Å². The molecule has 3 rings (SSSR count). The van der Waals surface area contributed by atoms with Gasteiger partial charge in [-0.1, -0.05) is 30.3 Å². The average Bonchev–Trinajstić information content (AvgIpc) is 3.38. The lowest BCUT2D eigenvalue weighted by Gasteiger charge is -2.28. The van der Waals surface area contributed by atoms with E-state index in [9.17, 15) is 19.5 Å². The molecule has 1 aromatic carbocycles. The van der Waals surface area contributed by atoms with Crippen LogP contribution in [0.3, 0.4) is 0 Å². The summed E-state index contributed by atoms with van der Waals surface area (Å²) in [6, 6.07) is 7.69. The molecule has 2 saturated heterocycles. The molecule has 0 aromatic heterocycles. The number of rotatable bonds is 9. The summed E-state index contributed by atoms with van der Waals surface area (Å²) in [5.41, 5.74) is 1.10. The summed E-state index contributed by atoms with van der Waals surface area (Å²) >= 11 is 1.79. The largest absolute Gasteiger partial charge is 0.480 e. The minimum atomic E-state index is -0.962. The third-order valence-corrected chi connectivity index (χ3v) is 7.72. The molecule has 0 radical (unpaired) electrons. The lowest BCUT2D eigenvalue weighted by Crippen LogP contribution is -2.53. The molecule has 7 nitrogen and oxygen atoms in total. The quantitative estimate of drug-likeness (QED) is 0.560. The summed E-state index contributed by atoms with van der Waals surface area (Å²) in [7, 11) is 0. The Kier molecular flexibility index (Phi) is 8.00. The molecule has 0 saturated carbocycles. The summed E-state index contributed by atoms with van der Waals surface area (Å²) in [6.45, 7) is 4.16. The van der Waals surface area contributed by atoms with Crippen LogP contribution < -0.4 is 5.32 Å². The van der Waals surface area contributed by atoms with Crippen LogP contribution in [0.1, 0.15) is 45.1 Å². The predicted molar refractivity (Wildman–Crippen MR) is 120 cm³/mol. The number of nitrogens with zero attached hydrogens (tertiary/aromatic N) is 1. The van der Waals surface area contributed by atoms with Gasteiger partial charge in [0.25, 0.3) is 0 Å². The zero-order valence-electron chi connectivity index (χ0n) is 18.2. The second kappa shape index (κ2) is 10.5. The number of amides is 1. The molecule has 1 spiro atoms. The van der Waals surface area contributed by atoms with Gasteiger partial charge in [-0.25, -0.2) is 4.79 Å². The first-order valence-corrected chi connectivity index (χ1v) is 12.0. The number of likely N-dealkylation sites (tertiary alicyclic amines) is 1. The van der Waals surface area contributed by atoms with Gasteiger partial charge >= 0.3 is 11.9 Å². The van der Waals surface area contributed by atoms with Gasteiger partial charge in [0.2, 0.25) is 5.91 Å². The van der Waals surface area contributed by atoms with Gasteiger partial charge in [-0.3, -0.25) is 14.9 Å². The number of carboxylic acids is 1. The molecule has 2 heterocycles. The first-order valence-electron chi connectivity index (χ1n) is 11.0. The molecule has 31 heavy (non-hydrogen) atoms. The van der Waals surface area contributed by atoms with E-state index < -0.39 is 30.1 Å². The smallest absolute Gasteiger partial charge is 0.326 e. The highest BCUT2D eigenvalue weighted by Gasteiger charge is 2.51. The first-order chi connectivity index (χ1) is 14.8. The van der Waals surface area contributed by atoms with Crippen LogP contribution in [-0.4, -0.2) is 69.6 Å². The van der Waals surface area contributed by atoms with E-state index in [0.29, 0.717) is 25.8 Å². The van der Waals surface area contributed by atoms with Crippen LogP contribution in [0.2, 0.25) is 0 Å². The second-order valence-corrected chi connectivity index (χ2v) is 9.94. The minimum absolute atomic E-state index is 0.147. The van der Waals surface area contributed by atoms with Crippen molar-refractivity contribution in [1.29, 1.82) is 0 Å². The molecule has 2 unspecified atom stereocenters. The SMILES string of the molecule is CCOC(=O)C(CCc1ccccc1)N[C@@H](C)C(=O)N1CC2(CCCS2)C[C@H]1C(=O)O. The molecule has 0 aliphatic carbocycles. The van der Waals surface area contributed by atoms with Crippen molar-refractivity contribution in [3.8, 4) is 0 Å². The zero-order chi connectivity index (χ0) is 22.4. The molecule has 4 atom stereocenters. The first kappa shape index (κ1) is 23.6. The third kappa shape index (κ3) is 5.80. The van der Waals surface area contributed by atoms with E-state index in [2.05, 4.69) is 5.32 Å². The van der Waals surface area contributed by atoms with E-state index in [1.165, 1.54) is 4.90 Å². The fourth-order valence-electron chi connectivity index (χ4n) is 4.53. The minimum Gasteiger partial charge on any atom is -0.480 e. The molecule has 170 valence electrons. The number of hydrogen-bond acceptors (Lipinski definition) is 6. The van der Waals surface area contributed by atoms with Gasteiger partial charge in [0.15, 0.2) is 0 Å². The van der Waals surface area contributed by atoms with Crippen LogP contribution in [0.15, 0.2) is 30.3 Å². The van der Waals surface area contributed by atoms with E-state index >= 15 is 0 Å². The van der Waals surface area contributed by atoms with Crippen molar-refractivity contribution in [2.75, 3.05) is 18.9 Å². The van der Waals surface area contributed by atoms with Crippen LogP contribution in [0.25, 0.3) is 0 Å². The molecule has 2 fully saturated rings. The topological polar surface area (TPSA) is 95.9 Å². The standard InChI is InChI=1S/C23H32N2O5S/c1-3-30-22(29)18(11-10-17-8-5-4-6-9-17)24-16(2)20(26)25-15-23(12-7-13-31-23)14-19(25)21(27)28/h4-6,8-9,16,18-19,24H,3,7,10-15H2,1-2H3,(H,27,28)/t16-,18?,19-,23?/m0/s1. The Morgan fingerprint density at radius 1 is 1.32 bits per heavy atom. The summed E-state index contributed by atoms with van der Waals surface area (Å²) < 4.78 is 5.06. The Bertz CT molecular complexity index is 781. The van der Waals surface area contributed by atoms with Gasteiger partial charge < -0.3 is 14.7 Å². The normalized spacial score (nSPS) is 24.8. The van der Waals surface area contributed by atoms with Gasteiger partial charge in [-0.05, 0) is 57.3 Å². The number of carbonyl (C=O) groups excluding carboxylic acids is 2. The number of hydrogen-bond donors (Lipinski definition) is 2. The summed E-state index contributed by atoms with van der Waals surface area (Å²) in [4.78, 5) is 39.1. The average molecular weight is 449 g/mol. The highest BCUT2D eigenvalue weighted by molar-refractivity contribution is 8.00. The Labute approximate surface area is 187 Å². The summed E-state index contributed by atoms with van der Waals surface area (Å²) in [5, 5.41) is 12.8. The van der Waals surface area contributed by atoms with E-state index in [1.54, 1.807) is 25.6 Å². The number of nitrogens with one attached hydrogen (secondary N) is 1. The Morgan fingerprint density at radius 3 is 2.68 bits per heavy atom. The van der Waals surface area contributed by atoms with Crippen LogP contribution in [0.5, 0.6) is 0 Å². The predicted octanol–water partition coefficient (Wildman–Crippen LogP) is 2.48. The van der Waals surface area contributed by atoms with Gasteiger partial charge in [0.05, 0.1) is 12.6 Å². The van der Waals surface area contributed by atoms with E-state index in [0.717, 1.165) is 24.2 Å². The lowest BCUT2D eigenvalue weighted by molar-refractivity contribution is -0.150. The third-order valence-electron chi connectivity index (χ3n) is 6.11. The van der Waals surface area contributed by atoms with E-state index in [1.807, 2.05) is 30.3 Å². The molecule has 0 bridgehead atoms. The monoisotopic (exact) mass is 448 g/mol. The number of benzene rings is 1. The van der Waals surface area contributed by atoms with Crippen molar-refractivity contribution in [2.45, 2.75) is 68.8 Å². The summed E-state index contributed by atoms with van der Waals surface area (Å²) in [5.74, 6) is -0.620. The Hall–Kier alpha value is -2.06. The van der Waals surface area contributed by atoms with E-state index in [4.69, 9.17) is 4.74 Å². The van der Waals surface area contributed by atoms with Crippen molar-refractivity contribution < 1.29 is 24.2 Å². The van der Waals surface area contributed by atoms with Crippen molar-refractivity contribution in [3.63, 3.8) is 0 Å². The maximum atomic E-state index is 13.2. The molecular formula is C23H32N2O5S. The fourth-order valence-corrected chi connectivity index (χ4v) is 6.05. The number of aliphatic carboxylic acids is 1. The second-order valence-electron chi connectivity index (χ2n) is 8.38. The van der Waals surface area contributed by atoms with Crippen molar-refractivity contribution in [3.05, 3.63) is 35.9 Å².